The first-order chi connectivity index (χ1) is 9.28. The molecule has 3 nitrogen and oxygen atoms in total. The molecule has 1 N–H and O–H groups in total. The Morgan fingerprint density at radius 3 is 3.05 bits per heavy atom. The number of thiophene rings is 1. The molecule has 2 heterocycles. The van der Waals surface area contributed by atoms with Crippen LogP contribution in [0.1, 0.15) is 23.4 Å². The molecule has 0 aromatic carbocycles. The van der Waals surface area contributed by atoms with Crippen LogP contribution in [-0.2, 0) is 12.8 Å². The van der Waals surface area contributed by atoms with Crippen molar-refractivity contribution in [2.75, 3.05) is 13.6 Å². The molecular weight excluding hydrogens is 254 g/mol. The number of rotatable bonds is 3. The van der Waals surface area contributed by atoms with Gasteiger partial charge in [-0.3, -0.25) is 0 Å². The van der Waals surface area contributed by atoms with Crippen LogP contribution in [0.15, 0.2) is 16.8 Å². The van der Waals surface area contributed by atoms with Crippen LogP contribution in [0.2, 0.25) is 0 Å². The molecule has 1 aliphatic carbocycles. The third-order valence-electron chi connectivity index (χ3n) is 3.85. The zero-order chi connectivity index (χ0) is 13.2. The fourth-order valence-electron chi connectivity index (χ4n) is 2.84. The lowest BCUT2D eigenvalue weighted by molar-refractivity contribution is 0.433. The maximum absolute atomic E-state index is 4.79. The van der Waals surface area contributed by atoms with Crippen molar-refractivity contribution in [3.8, 4) is 11.4 Å². The van der Waals surface area contributed by atoms with Crippen LogP contribution in [0.25, 0.3) is 11.4 Å². The summed E-state index contributed by atoms with van der Waals surface area (Å²) in [6.07, 6.45) is 3.43. The standard InChI is InChI=1S/C15H19N3S/c1-10-13-7-11(8-16-2)3-4-14(13)18-15(17-10)12-5-6-19-9-12/h5-6,9,11,16H,3-4,7-8H2,1-2H3. The Bertz CT molecular complexity index is 563. The highest BCUT2D eigenvalue weighted by atomic mass is 32.1. The fraction of sp³-hybridized carbons (Fsp3) is 0.467. The van der Waals surface area contributed by atoms with Crippen molar-refractivity contribution in [1.82, 2.24) is 15.3 Å². The number of nitrogens with zero attached hydrogens (tertiary/aromatic N) is 2. The van der Waals surface area contributed by atoms with E-state index in [1.54, 1.807) is 11.3 Å². The van der Waals surface area contributed by atoms with Crippen LogP contribution < -0.4 is 5.32 Å². The molecule has 0 bridgehead atoms. The molecule has 0 fully saturated rings. The molecule has 0 amide bonds. The summed E-state index contributed by atoms with van der Waals surface area (Å²) in [5.41, 5.74) is 4.95. The van der Waals surface area contributed by atoms with E-state index in [2.05, 4.69) is 29.1 Å². The van der Waals surface area contributed by atoms with E-state index in [0.29, 0.717) is 0 Å². The molecule has 0 aliphatic heterocycles. The Kier molecular flexibility index (Phi) is 3.62. The van der Waals surface area contributed by atoms with E-state index in [1.165, 1.54) is 17.7 Å². The van der Waals surface area contributed by atoms with E-state index in [0.717, 1.165) is 42.4 Å². The summed E-state index contributed by atoms with van der Waals surface area (Å²) in [6.45, 7) is 3.21. The Balaban J connectivity index is 1.94. The Morgan fingerprint density at radius 2 is 2.32 bits per heavy atom. The highest BCUT2D eigenvalue weighted by molar-refractivity contribution is 7.08. The van der Waals surface area contributed by atoms with Gasteiger partial charge in [0.1, 0.15) is 0 Å². The summed E-state index contributed by atoms with van der Waals surface area (Å²) in [7, 11) is 2.03. The molecule has 0 spiro atoms. The first kappa shape index (κ1) is 12.8. The highest BCUT2D eigenvalue weighted by Gasteiger charge is 2.22. The Morgan fingerprint density at radius 1 is 1.42 bits per heavy atom. The second kappa shape index (κ2) is 5.39. The van der Waals surface area contributed by atoms with E-state index in [4.69, 9.17) is 9.97 Å². The summed E-state index contributed by atoms with van der Waals surface area (Å²) < 4.78 is 0. The van der Waals surface area contributed by atoms with Crippen molar-refractivity contribution in [3.63, 3.8) is 0 Å². The second-order valence-electron chi connectivity index (χ2n) is 5.24. The van der Waals surface area contributed by atoms with Gasteiger partial charge in [0.25, 0.3) is 0 Å². The minimum atomic E-state index is 0.729. The molecule has 100 valence electrons. The number of hydrogen-bond donors (Lipinski definition) is 1. The predicted octanol–water partition coefficient (Wildman–Crippen LogP) is 2.84. The number of hydrogen-bond acceptors (Lipinski definition) is 4. The summed E-state index contributed by atoms with van der Waals surface area (Å²) in [5, 5.41) is 7.48. The van der Waals surface area contributed by atoms with Gasteiger partial charge in [0.2, 0.25) is 0 Å². The SMILES string of the molecule is CNCC1CCc2nc(-c3ccsc3)nc(C)c2C1. The summed E-state index contributed by atoms with van der Waals surface area (Å²) in [5.74, 6) is 1.62. The maximum atomic E-state index is 4.79. The smallest absolute Gasteiger partial charge is 0.160 e. The van der Waals surface area contributed by atoms with Gasteiger partial charge < -0.3 is 5.32 Å². The van der Waals surface area contributed by atoms with Gasteiger partial charge in [0.05, 0.1) is 0 Å². The van der Waals surface area contributed by atoms with Crippen LogP contribution in [-0.4, -0.2) is 23.6 Å². The van der Waals surface area contributed by atoms with Gasteiger partial charge in [-0.25, -0.2) is 9.97 Å². The summed E-state index contributed by atoms with van der Waals surface area (Å²) in [6, 6.07) is 2.10. The van der Waals surface area contributed by atoms with E-state index in [-0.39, 0.29) is 0 Å². The summed E-state index contributed by atoms with van der Waals surface area (Å²) >= 11 is 1.70. The minimum absolute atomic E-state index is 0.729. The number of aromatic nitrogens is 2. The molecule has 0 radical (unpaired) electrons. The van der Waals surface area contributed by atoms with Crippen molar-refractivity contribution in [1.29, 1.82) is 0 Å². The van der Waals surface area contributed by atoms with Crippen molar-refractivity contribution in [2.45, 2.75) is 26.2 Å². The largest absolute Gasteiger partial charge is 0.319 e. The molecule has 3 rings (SSSR count). The van der Waals surface area contributed by atoms with E-state index in [1.807, 2.05) is 7.05 Å². The molecule has 0 saturated heterocycles. The van der Waals surface area contributed by atoms with Gasteiger partial charge >= 0.3 is 0 Å². The van der Waals surface area contributed by atoms with E-state index in [9.17, 15) is 0 Å². The number of fused-ring (bicyclic) bond motifs is 1. The molecule has 1 aliphatic rings. The van der Waals surface area contributed by atoms with Gasteiger partial charge in [0.15, 0.2) is 5.82 Å². The highest BCUT2D eigenvalue weighted by Crippen LogP contribution is 2.28. The Hall–Kier alpha value is -1.26. The third kappa shape index (κ3) is 2.55. The average molecular weight is 273 g/mol. The fourth-order valence-corrected chi connectivity index (χ4v) is 3.48. The zero-order valence-electron chi connectivity index (χ0n) is 11.4. The molecule has 4 heteroatoms. The molecule has 0 saturated carbocycles. The average Bonchev–Trinajstić information content (AvgIpc) is 2.93. The van der Waals surface area contributed by atoms with Crippen LogP contribution in [0.3, 0.4) is 0 Å². The predicted molar refractivity (Wildman–Crippen MR) is 79.5 cm³/mol. The topological polar surface area (TPSA) is 37.8 Å². The lowest BCUT2D eigenvalue weighted by atomic mass is 9.85. The number of aryl methyl sites for hydroxylation is 2. The van der Waals surface area contributed by atoms with Crippen molar-refractivity contribution in [2.24, 2.45) is 5.92 Å². The molecular formula is C15H19N3S. The van der Waals surface area contributed by atoms with Crippen LogP contribution >= 0.6 is 11.3 Å². The molecule has 2 aromatic rings. The van der Waals surface area contributed by atoms with E-state index < -0.39 is 0 Å². The quantitative estimate of drug-likeness (QED) is 0.934. The zero-order valence-corrected chi connectivity index (χ0v) is 12.3. The van der Waals surface area contributed by atoms with Gasteiger partial charge in [-0.2, -0.15) is 11.3 Å². The van der Waals surface area contributed by atoms with Crippen LogP contribution in [0, 0.1) is 12.8 Å². The first-order valence-electron chi connectivity index (χ1n) is 6.81. The van der Waals surface area contributed by atoms with Crippen molar-refractivity contribution in [3.05, 3.63) is 33.8 Å². The number of nitrogens with one attached hydrogen (secondary N) is 1. The van der Waals surface area contributed by atoms with Crippen LogP contribution in [0.5, 0.6) is 0 Å². The minimum Gasteiger partial charge on any atom is -0.319 e. The maximum Gasteiger partial charge on any atom is 0.160 e. The van der Waals surface area contributed by atoms with Gasteiger partial charge in [-0.05, 0) is 62.7 Å². The molecule has 2 aromatic heterocycles. The van der Waals surface area contributed by atoms with Gasteiger partial charge in [-0.15, -0.1) is 0 Å². The monoisotopic (exact) mass is 273 g/mol. The second-order valence-corrected chi connectivity index (χ2v) is 6.02. The van der Waals surface area contributed by atoms with Crippen molar-refractivity contribution >= 4 is 11.3 Å². The van der Waals surface area contributed by atoms with Crippen LogP contribution in [0.4, 0.5) is 0 Å². The lowest BCUT2D eigenvalue weighted by Gasteiger charge is -2.25. The molecule has 1 unspecified atom stereocenters. The lowest BCUT2D eigenvalue weighted by Crippen LogP contribution is -2.26. The summed E-state index contributed by atoms with van der Waals surface area (Å²) in [4.78, 5) is 9.48. The Labute approximate surface area is 118 Å². The van der Waals surface area contributed by atoms with Crippen molar-refractivity contribution < 1.29 is 0 Å². The molecule has 1 atom stereocenters. The first-order valence-corrected chi connectivity index (χ1v) is 7.75. The molecule has 19 heavy (non-hydrogen) atoms. The third-order valence-corrected chi connectivity index (χ3v) is 4.54. The van der Waals surface area contributed by atoms with Gasteiger partial charge in [0, 0.05) is 22.3 Å². The van der Waals surface area contributed by atoms with E-state index >= 15 is 0 Å². The normalized spacial score (nSPS) is 18.3. The van der Waals surface area contributed by atoms with Gasteiger partial charge in [-0.1, -0.05) is 0 Å².